The molecule has 2 aromatic carbocycles. The Labute approximate surface area is 144 Å². The van der Waals surface area contributed by atoms with Crippen LogP contribution >= 0.6 is 12.2 Å². The zero-order valence-corrected chi connectivity index (χ0v) is 13.6. The van der Waals surface area contributed by atoms with E-state index >= 15 is 0 Å². The monoisotopic (exact) mass is 340 g/mol. The van der Waals surface area contributed by atoms with Gasteiger partial charge in [-0.2, -0.15) is 0 Å². The fraction of sp³-hybridized carbons (Fsp3) is 0.125. The lowest BCUT2D eigenvalue weighted by atomic mass is 10.2. The number of rotatable bonds is 4. The van der Waals surface area contributed by atoms with Crippen molar-refractivity contribution in [3.8, 4) is 0 Å². The molecule has 0 saturated carbocycles. The van der Waals surface area contributed by atoms with Crippen LogP contribution in [0.3, 0.4) is 0 Å². The number of aromatic nitrogens is 3. The number of carbonyl (C=O) groups excluding carboxylic acids is 1. The lowest BCUT2D eigenvalue weighted by molar-refractivity contribution is -0.125. The highest BCUT2D eigenvalue weighted by molar-refractivity contribution is 7.80. The molecule has 0 saturated heterocycles. The van der Waals surface area contributed by atoms with Crippen molar-refractivity contribution in [3.63, 3.8) is 0 Å². The van der Waals surface area contributed by atoms with Gasteiger partial charge in [0, 0.05) is 0 Å². The number of nitrogens with zero attached hydrogens (tertiary/aromatic N) is 4. The van der Waals surface area contributed by atoms with Gasteiger partial charge in [-0.25, -0.2) is 4.68 Å². The van der Waals surface area contributed by atoms with Gasteiger partial charge < -0.3 is 5.73 Å². The third-order valence-electron chi connectivity index (χ3n) is 3.42. The average molecular weight is 340 g/mol. The first-order valence-corrected chi connectivity index (χ1v) is 7.73. The maximum atomic E-state index is 12.3. The Morgan fingerprint density at radius 1 is 1.17 bits per heavy atom. The quantitative estimate of drug-likeness (QED) is 0.548. The fourth-order valence-electron chi connectivity index (χ4n) is 2.29. The predicted molar refractivity (Wildman–Crippen MR) is 94.4 cm³/mol. The molecule has 0 radical (unpaired) electrons. The number of amides is 1. The number of thiocarbonyl (C=S) groups is 1. The minimum absolute atomic E-state index is 0.0222. The Hall–Kier alpha value is -3.00. The lowest BCUT2D eigenvalue weighted by Gasteiger charge is -2.23. The first-order valence-electron chi connectivity index (χ1n) is 7.32. The summed E-state index contributed by atoms with van der Waals surface area (Å²) >= 11 is 5.01. The van der Waals surface area contributed by atoms with Crippen LogP contribution in [0, 0.1) is 0 Å². The Morgan fingerprint density at radius 2 is 1.88 bits per heavy atom. The number of nitrogens with one attached hydrogen (secondary N) is 1. The van der Waals surface area contributed by atoms with Crippen molar-refractivity contribution in [2.75, 3.05) is 0 Å². The molecular formula is C16H16N6OS. The highest BCUT2D eigenvalue weighted by Crippen LogP contribution is 2.09. The SMILES string of the molecule is NC(=S)N(Cc1ccccc1)NC(=O)Cn1nnc2ccccc21. The van der Waals surface area contributed by atoms with Crippen molar-refractivity contribution in [3.05, 3.63) is 60.2 Å². The molecule has 3 aromatic rings. The number of nitrogens with two attached hydrogens (primary N) is 1. The molecule has 0 aliphatic heterocycles. The van der Waals surface area contributed by atoms with E-state index in [4.69, 9.17) is 18.0 Å². The van der Waals surface area contributed by atoms with Gasteiger partial charge in [0.1, 0.15) is 12.1 Å². The van der Waals surface area contributed by atoms with E-state index in [1.54, 1.807) is 0 Å². The van der Waals surface area contributed by atoms with E-state index in [9.17, 15) is 4.79 Å². The van der Waals surface area contributed by atoms with Gasteiger partial charge in [0.15, 0.2) is 5.11 Å². The minimum atomic E-state index is -0.283. The molecular weight excluding hydrogens is 324 g/mol. The Balaban J connectivity index is 1.68. The van der Waals surface area contributed by atoms with E-state index in [-0.39, 0.29) is 17.6 Å². The van der Waals surface area contributed by atoms with E-state index in [1.807, 2.05) is 54.6 Å². The van der Waals surface area contributed by atoms with Gasteiger partial charge in [-0.1, -0.05) is 47.7 Å². The Kier molecular flexibility index (Phi) is 4.66. The van der Waals surface area contributed by atoms with Crippen LogP contribution < -0.4 is 11.2 Å². The van der Waals surface area contributed by atoms with Gasteiger partial charge in [-0.15, -0.1) is 5.10 Å². The molecule has 1 amide bonds. The summed E-state index contributed by atoms with van der Waals surface area (Å²) in [4.78, 5) is 12.3. The molecule has 3 rings (SSSR count). The van der Waals surface area contributed by atoms with Crippen LogP contribution in [0.5, 0.6) is 0 Å². The van der Waals surface area contributed by atoms with Crippen molar-refractivity contribution in [1.29, 1.82) is 0 Å². The molecule has 0 bridgehead atoms. The third-order valence-corrected chi connectivity index (χ3v) is 3.64. The van der Waals surface area contributed by atoms with Crippen molar-refractivity contribution < 1.29 is 4.79 Å². The van der Waals surface area contributed by atoms with Gasteiger partial charge in [-0.3, -0.25) is 15.2 Å². The van der Waals surface area contributed by atoms with E-state index in [0.717, 1.165) is 16.6 Å². The van der Waals surface area contributed by atoms with Gasteiger partial charge in [0.2, 0.25) is 0 Å². The zero-order valence-electron chi connectivity index (χ0n) is 12.8. The van der Waals surface area contributed by atoms with Crippen LogP contribution in [0.4, 0.5) is 0 Å². The normalized spacial score (nSPS) is 10.5. The third kappa shape index (κ3) is 3.66. The maximum Gasteiger partial charge on any atom is 0.260 e. The molecule has 0 unspecified atom stereocenters. The summed E-state index contributed by atoms with van der Waals surface area (Å²) in [7, 11) is 0. The largest absolute Gasteiger partial charge is 0.375 e. The van der Waals surface area contributed by atoms with Crippen LogP contribution in [0.25, 0.3) is 11.0 Å². The lowest BCUT2D eigenvalue weighted by Crippen LogP contribution is -2.49. The number of fused-ring (bicyclic) bond motifs is 1. The molecule has 7 nitrogen and oxygen atoms in total. The first kappa shape index (κ1) is 15.9. The smallest absolute Gasteiger partial charge is 0.260 e. The standard InChI is InChI=1S/C16H16N6OS/c17-16(24)22(10-12-6-2-1-3-7-12)19-15(23)11-21-14-9-5-4-8-13(14)18-20-21/h1-9H,10-11H2,(H2,17,24)(H,19,23). The fourth-order valence-corrected chi connectivity index (χ4v) is 2.40. The van der Waals surface area contributed by atoms with Crippen LogP contribution in [-0.2, 0) is 17.9 Å². The summed E-state index contributed by atoms with van der Waals surface area (Å²) in [6.45, 7) is 0.411. The Morgan fingerprint density at radius 3 is 2.62 bits per heavy atom. The highest BCUT2D eigenvalue weighted by Gasteiger charge is 2.13. The molecule has 3 N–H and O–H groups in total. The van der Waals surface area contributed by atoms with Crippen LogP contribution in [0.2, 0.25) is 0 Å². The van der Waals surface area contributed by atoms with E-state index in [0.29, 0.717) is 6.54 Å². The number of hydrazine groups is 1. The first-order chi connectivity index (χ1) is 11.6. The Bertz CT molecular complexity index is 863. The van der Waals surface area contributed by atoms with Crippen molar-refractivity contribution in [1.82, 2.24) is 25.4 Å². The second kappa shape index (κ2) is 7.05. The van der Waals surface area contributed by atoms with Gasteiger partial charge in [-0.05, 0) is 29.9 Å². The van der Waals surface area contributed by atoms with Gasteiger partial charge >= 0.3 is 0 Å². The zero-order chi connectivity index (χ0) is 16.9. The molecule has 0 aliphatic rings. The molecule has 0 aliphatic carbocycles. The van der Waals surface area contributed by atoms with Crippen molar-refractivity contribution >= 4 is 34.3 Å². The average Bonchev–Trinajstić information content (AvgIpc) is 2.98. The van der Waals surface area contributed by atoms with Gasteiger partial charge in [0.05, 0.1) is 12.1 Å². The van der Waals surface area contributed by atoms with Crippen LogP contribution in [0.1, 0.15) is 5.56 Å². The number of carbonyl (C=O) groups is 1. The maximum absolute atomic E-state index is 12.3. The molecule has 24 heavy (non-hydrogen) atoms. The molecule has 0 fully saturated rings. The highest BCUT2D eigenvalue weighted by atomic mass is 32.1. The summed E-state index contributed by atoms with van der Waals surface area (Å²) in [5.41, 5.74) is 10.9. The molecule has 0 spiro atoms. The summed E-state index contributed by atoms with van der Waals surface area (Å²) < 4.78 is 1.53. The second-order valence-corrected chi connectivity index (χ2v) is 5.60. The number of para-hydroxylation sites is 1. The van der Waals surface area contributed by atoms with Gasteiger partial charge in [0.25, 0.3) is 5.91 Å². The molecule has 1 aromatic heterocycles. The summed E-state index contributed by atoms with van der Waals surface area (Å²) in [6, 6.07) is 17.1. The van der Waals surface area contributed by atoms with E-state index < -0.39 is 0 Å². The van der Waals surface area contributed by atoms with Crippen LogP contribution in [-0.4, -0.2) is 31.0 Å². The van der Waals surface area contributed by atoms with E-state index in [1.165, 1.54) is 9.69 Å². The summed E-state index contributed by atoms with van der Waals surface area (Å²) in [6.07, 6.45) is 0. The number of hydrogen-bond acceptors (Lipinski definition) is 4. The topological polar surface area (TPSA) is 89.1 Å². The van der Waals surface area contributed by atoms with Crippen molar-refractivity contribution in [2.24, 2.45) is 5.73 Å². The summed E-state index contributed by atoms with van der Waals surface area (Å²) in [5, 5.41) is 9.55. The molecule has 1 heterocycles. The van der Waals surface area contributed by atoms with Crippen molar-refractivity contribution in [2.45, 2.75) is 13.1 Å². The molecule has 122 valence electrons. The number of hydrogen-bond donors (Lipinski definition) is 2. The summed E-state index contributed by atoms with van der Waals surface area (Å²) in [5.74, 6) is -0.283. The molecule has 0 atom stereocenters. The number of benzene rings is 2. The molecule has 8 heteroatoms. The predicted octanol–water partition coefficient (Wildman–Crippen LogP) is 1.21. The minimum Gasteiger partial charge on any atom is -0.375 e. The second-order valence-electron chi connectivity index (χ2n) is 5.18. The van der Waals surface area contributed by atoms with E-state index in [2.05, 4.69) is 15.7 Å². The van der Waals surface area contributed by atoms with Crippen LogP contribution in [0.15, 0.2) is 54.6 Å².